The molecule has 1 atom stereocenters. The number of hydrogen-bond acceptors (Lipinski definition) is 4. The summed E-state index contributed by atoms with van der Waals surface area (Å²) in [7, 11) is -2.01. The van der Waals surface area contributed by atoms with E-state index in [9.17, 15) is 8.42 Å². The lowest BCUT2D eigenvalue weighted by Gasteiger charge is -2.19. The quantitative estimate of drug-likeness (QED) is 0.560. The molecule has 1 unspecified atom stereocenters. The van der Waals surface area contributed by atoms with Crippen LogP contribution >= 0.6 is 22.9 Å². The Kier molecular flexibility index (Phi) is 6.84. The summed E-state index contributed by atoms with van der Waals surface area (Å²) in [5.41, 5.74) is 1.52. The molecule has 7 heteroatoms. The van der Waals surface area contributed by atoms with E-state index < -0.39 is 10.0 Å². The van der Waals surface area contributed by atoms with Crippen LogP contribution in [-0.2, 0) is 10.0 Å². The third kappa shape index (κ3) is 4.34. The van der Waals surface area contributed by atoms with Crippen molar-refractivity contribution in [3.63, 3.8) is 0 Å². The molecule has 1 aromatic heterocycles. The molecule has 1 N–H and O–H groups in total. The van der Waals surface area contributed by atoms with Crippen molar-refractivity contribution in [3.8, 4) is 0 Å². The van der Waals surface area contributed by atoms with Gasteiger partial charge >= 0.3 is 0 Å². The van der Waals surface area contributed by atoms with Crippen molar-refractivity contribution < 1.29 is 8.42 Å². The van der Waals surface area contributed by atoms with Gasteiger partial charge in [0.25, 0.3) is 10.0 Å². The lowest BCUT2D eigenvalue weighted by Crippen LogP contribution is -2.26. The lowest BCUT2D eigenvalue weighted by molar-refractivity contribution is 0.542. The van der Waals surface area contributed by atoms with E-state index in [4.69, 9.17) is 11.6 Å². The van der Waals surface area contributed by atoms with Crippen LogP contribution in [0.2, 0.25) is 5.02 Å². The maximum atomic E-state index is 13.1. The van der Waals surface area contributed by atoms with Gasteiger partial charge < -0.3 is 5.32 Å². The number of nitrogens with one attached hydrogen (secondary N) is 1. The molecule has 1 aliphatic heterocycles. The summed E-state index contributed by atoms with van der Waals surface area (Å²) < 4.78 is 27.6. The van der Waals surface area contributed by atoms with E-state index in [0.717, 1.165) is 29.1 Å². The van der Waals surface area contributed by atoms with Crippen LogP contribution in [0.5, 0.6) is 0 Å². The Morgan fingerprint density at radius 1 is 1.15 bits per heavy atom. The zero-order valence-electron chi connectivity index (χ0n) is 15.9. The van der Waals surface area contributed by atoms with E-state index in [1.54, 1.807) is 30.5 Å². The summed E-state index contributed by atoms with van der Waals surface area (Å²) in [6.07, 6.45) is 7.39. The molecule has 0 aliphatic carbocycles. The van der Waals surface area contributed by atoms with Crippen molar-refractivity contribution in [1.29, 1.82) is 0 Å². The first-order valence-corrected chi connectivity index (χ1v) is 12.3. The fourth-order valence-corrected chi connectivity index (χ4v) is 6.32. The molecule has 1 aromatic carbocycles. The maximum absolute atomic E-state index is 13.1. The van der Waals surface area contributed by atoms with Crippen LogP contribution in [0, 0.1) is 0 Å². The number of fused-ring (bicyclic) bond motifs is 2. The number of halogens is 1. The van der Waals surface area contributed by atoms with Crippen LogP contribution in [0.3, 0.4) is 0 Å². The predicted molar refractivity (Wildman–Crippen MR) is 115 cm³/mol. The summed E-state index contributed by atoms with van der Waals surface area (Å²) in [5.74, 6) is 0. The average Bonchev–Trinajstić information content (AvgIpc) is 3.11. The van der Waals surface area contributed by atoms with Gasteiger partial charge in [-0.15, -0.1) is 11.3 Å². The number of thiophene rings is 1. The Morgan fingerprint density at radius 2 is 1.89 bits per heavy atom. The fourth-order valence-electron chi connectivity index (χ4n) is 3.53. The van der Waals surface area contributed by atoms with Crippen LogP contribution in [0.15, 0.2) is 34.5 Å². The third-order valence-corrected chi connectivity index (χ3v) is 8.11. The second-order valence-electron chi connectivity index (χ2n) is 6.98. The number of rotatable bonds is 8. The normalized spacial score (nSPS) is 18.0. The zero-order valence-corrected chi connectivity index (χ0v) is 18.3. The lowest BCUT2D eigenvalue weighted by atomic mass is 10.0. The van der Waals surface area contributed by atoms with Gasteiger partial charge in [-0.05, 0) is 42.1 Å². The van der Waals surface area contributed by atoms with E-state index >= 15 is 0 Å². The highest BCUT2D eigenvalue weighted by atomic mass is 35.5. The largest absolute Gasteiger partial charge is 0.305 e. The molecule has 3 rings (SSSR count). The third-order valence-electron chi connectivity index (χ3n) is 5.08. The molecular weight excluding hydrogens is 400 g/mol. The number of benzene rings is 1. The minimum absolute atomic E-state index is 0.136. The standard InChI is InChI=1S/C20H27ClN2O2S2/c1-3-4-5-6-7-8-12-22-19-16-10-9-15(21)14-18(16)27(24,25)23(2)17-11-13-26-20(17)19/h9-11,13-14,19,22H,3-8,12H2,1-2H3. The number of unbranched alkanes of at least 4 members (excludes halogenated alkanes) is 5. The second-order valence-corrected chi connectivity index (χ2v) is 10.3. The SMILES string of the molecule is CCCCCCCCNC1c2ccc(Cl)cc2S(=O)(=O)N(C)c2ccsc21. The Morgan fingerprint density at radius 3 is 2.67 bits per heavy atom. The molecule has 0 saturated heterocycles. The van der Waals surface area contributed by atoms with Crippen molar-refractivity contribution in [2.45, 2.75) is 56.4 Å². The van der Waals surface area contributed by atoms with E-state index in [1.807, 2.05) is 17.5 Å². The summed E-state index contributed by atoms with van der Waals surface area (Å²) in [4.78, 5) is 1.33. The molecule has 2 aromatic rings. The molecule has 0 saturated carbocycles. The first-order valence-electron chi connectivity index (χ1n) is 9.56. The molecule has 1 aliphatic rings. The number of hydrogen-bond donors (Lipinski definition) is 1. The van der Waals surface area contributed by atoms with Gasteiger partial charge in [0.05, 0.1) is 21.5 Å². The van der Waals surface area contributed by atoms with E-state index in [0.29, 0.717) is 9.92 Å². The van der Waals surface area contributed by atoms with Gasteiger partial charge in [-0.3, -0.25) is 4.31 Å². The molecule has 0 fully saturated rings. The Labute approximate surface area is 171 Å². The van der Waals surface area contributed by atoms with Crippen molar-refractivity contribution >= 4 is 38.6 Å². The Bertz CT molecular complexity index is 880. The Hall–Kier alpha value is -1.08. The molecule has 0 amide bonds. The molecule has 0 radical (unpaired) electrons. The monoisotopic (exact) mass is 426 g/mol. The first kappa shape index (κ1) is 20.6. The minimum atomic E-state index is -3.63. The molecule has 2 heterocycles. The summed E-state index contributed by atoms with van der Waals surface area (Å²) in [6.45, 7) is 3.08. The van der Waals surface area contributed by atoms with Crippen LogP contribution < -0.4 is 9.62 Å². The molecule has 0 bridgehead atoms. The maximum Gasteiger partial charge on any atom is 0.264 e. The number of sulfonamides is 1. The van der Waals surface area contributed by atoms with Gasteiger partial charge in [-0.1, -0.05) is 56.7 Å². The summed E-state index contributed by atoms with van der Waals surface area (Å²) >= 11 is 7.72. The highest BCUT2D eigenvalue weighted by molar-refractivity contribution is 7.92. The molecular formula is C20H27ClN2O2S2. The average molecular weight is 427 g/mol. The van der Waals surface area contributed by atoms with Gasteiger partial charge in [0, 0.05) is 12.1 Å². The van der Waals surface area contributed by atoms with Crippen molar-refractivity contribution in [3.05, 3.63) is 45.1 Å². The van der Waals surface area contributed by atoms with Gasteiger partial charge in [-0.2, -0.15) is 0 Å². The fraction of sp³-hybridized carbons (Fsp3) is 0.500. The topological polar surface area (TPSA) is 49.4 Å². The van der Waals surface area contributed by atoms with E-state index in [1.165, 1.54) is 36.4 Å². The van der Waals surface area contributed by atoms with Gasteiger partial charge in [0.1, 0.15) is 0 Å². The van der Waals surface area contributed by atoms with Crippen molar-refractivity contribution in [2.75, 3.05) is 17.9 Å². The van der Waals surface area contributed by atoms with Crippen LogP contribution in [0.1, 0.15) is 61.9 Å². The van der Waals surface area contributed by atoms with Crippen molar-refractivity contribution in [1.82, 2.24) is 5.32 Å². The molecule has 4 nitrogen and oxygen atoms in total. The van der Waals surface area contributed by atoms with E-state index in [-0.39, 0.29) is 6.04 Å². The molecule has 0 spiro atoms. The smallest absolute Gasteiger partial charge is 0.264 e. The minimum Gasteiger partial charge on any atom is -0.305 e. The molecule has 148 valence electrons. The summed E-state index contributed by atoms with van der Waals surface area (Å²) in [6, 6.07) is 6.93. The number of anilines is 1. The predicted octanol–water partition coefficient (Wildman–Crippen LogP) is 5.58. The van der Waals surface area contributed by atoms with E-state index in [2.05, 4.69) is 12.2 Å². The van der Waals surface area contributed by atoms with Gasteiger partial charge in [0.2, 0.25) is 0 Å². The van der Waals surface area contributed by atoms with Crippen molar-refractivity contribution in [2.24, 2.45) is 0 Å². The zero-order chi connectivity index (χ0) is 19.4. The molecule has 27 heavy (non-hydrogen) atoms. The second kappa shape index (κ2) is 8.95. The van der Waals surface area contributed by atoms with Gasteiger partial charge in [-0.25, -0.2) is 8.42 Å². The number of nitrogens with zero attached hydrogens (tertiary/aromatic N) is 1. The first-order chi connectivity index (χ1) is 13.0. The van der Waals surface area contributed by atoms with Gasteiger partial charge in [0.15, 0.2) is 0 Å². The highest BCUT2D eigenvalue weighted by Crippen LogP contribution is 2.43. The summed E-state index contributed by atoms with van der Waals surface area (Å²) in [5, 5.41) is 6.00. The van der Waals surface area contributed by atoms with Crippen LogP contribution in [0.4, 0.5) is 5.69 Å². The Balaban J connectivity index is 1.85. The highest BCUT2D eigenvalue weighted by Gasteiger charge is 2.35. The van der Waals surface area contributed by atoms with Crippen LogP contribution in [-0.4, -0.2) is 22.0 Å². The van der Waals surface area contributed by atoms with Crippen LogP contribution in [0.25, 0.3) is 0 Å².